The highest BCUT2D eigenvalue weighted by atomic mass is 16.6. The molecule has 1 heterocycles. The number of carbonyl (C=O) groups excluding carboxylic acids is 3. The first-order valence-corrected chi connectivity index (χ1v) is 9.29. The van der Waals surface area contributed by atoms with E-state index in [9.17, 15) is 14.4 Å². The van der Waals surface area contributed by atoms with Crippen molar-refractivity contribution in [2.75, 3.05) is 6.61 Å². The van der Waals surface area contributed by atoms with E-state index in [0.717, 1.165) is 5.56 Å². The van der Waals surface area contributed by atoms with Crippen LogP contribution in [0.15, 0.2) is 24.3 Å². The van der Waals surface area contributed by atoms with Crippen molar-refractivity contribution >= 4 is 17.5 Å². The molecule has 150 valence electrons. The topological polar surface area (TPSA) is 85.5 Å². The maximum atomic E-state index is 12.6. The molecule has 0 amide bonds. The van der Waals surface area contributed by atoms with E-state index in [4.69, 9.17) is 9.47 Å². The van der Waals surface area contributed by atoms with Crippen molar-refractivity contribution < 1.29 is 23.9 Å². The van der Waals surface area contributed by atoms with Gasteiger partial charge in [-0.1, -0.05) is 32.0 Å². The highest BCUT2D eigenvalue weighted by Gasteiger charge is 2.26. The van der Waals surface area contributed by atoms with E-state index < -0.39 is 12.1 Å². The maximum Gasteiger partial charge on any atom is 0.344 e. The summed E-state index contributed by atoms with van der Waals surface area (Å²) in [5.41, 5.74) is 2.97. The highest BCUT2D eigenvalue weighted by Crippen LogP contribution is 2.26. The number of nitrogens with one attached hydrogen (secondary N) is 1. The molecule has 1 atom stereocenters. The Morgan fingerprint density at radius 3 is 2.29 bits per heavy atom. The number of carbonyl (C=O) groups is 3. The summed E-state index contributed by atoms with van der Waals surface area (Å²) < 4.78 is 10.8. The number of H-pyrrole nitrogens is 1. The second-order valence-electron chi connectivity index (χ2n) is 7.16. The lowest BCUT2D eigenvalue weighted by molar-refractivity contribution is -0.148. The molecule has 0 aliphatic carbocycles. The highest BCUT2D eigenvalue weighted by molar-refractivity contribution is 6.05. The number of aromatic nitrogens is 1. The third-order valence-electron chi connectivity index (χ3n) is 4.60. The number of hydrogen-bond acceptors (Lipinski definition) is 5. The van der Waals surface area contributed by atoms with Crippen molar-refractivity contribution in [2.45, 2.75) is 53.6 Å². The molecular formula is C22H27NO5. The molecule has 1 aromatic carbocycles. The molecule has 0 aliphatic rings. The van der Waals surface area contributed by atoms with Gasteiger partial charge in [0.05, 0.1) is 5.69 Å². The molecule has 0 aliphatic heterocycles. The Morgan fingerprint density at radius 1 is 1.07 bits per heavy atom. The molecule has 1 aromatic heterocycles. The zero-order valence-electron chi connectivity index (χ0n) is 17.2. The van der Waals surface area contributed by atoms with Crippen LogP contribution in [0.3, 0.4) is 0 Å². The van der Waals surface area contributed by atoms with Crippen LogP contribution in [0.4, 0.5) is 0 Å². The van der Waals surface area contributed by atoms with E-state index in [-0.39, 0.29) is 29.8 Å². The molecule has 2 aromatic rings. The lowest BCUT2D eigenvalue weighted by atomic mass is 10.0. The third kappa shape index (κ3) is 4.68. The van der Waals surface area contributed by atoms with Crippen LogP contribution in [0.2, 0.25) is 0 Å². The van der Waals surface area contributed by atoms with Gasteiger partial charge >= 0.3 is 5.97 Å². The molecule has 0 spiro atoms. The van der Waals surface area contributed by atoms with E-state index >= 15 is 0 Å². The average Bonchev–Trinajstić information content (AvgIpc) is 2.93. The van der Waals surface area contributed by atoms with Crippen LogP contribution in [0.25, 0.3) is 0 Å². The van der Waals surface area contributed by atoms with Gasteiger partial charge in [0.1, 0.15) is 5.75 Å². The lowest BCUT2D eigenvalue weighted by Crippen LogP contribution is -2.28. The minimum absolute atomic E-state index is 0.118. The van der Waals surface area contributed by atoms with Crippen molar-refractivity contribution in [2.24, 2.45) is 0 Å². The minimum Gasteiger partial charge on any atom is -0.482 e. The summed E-state index contributed by atoms with van der Waals surface area (Å²) >= 11 is 0. The molecule has 6 heteroatoms. The van der Waals surface area contributed by atoms with Gasteiger partial charge in [-0.2, -0.15) is 0 Å². The number of para-hydroxylation sites is 1. The summed E-state index contributed by atoms with van der Waals surface area (Å²) in [7, 11) is 0. The van der Waals surface area contributed by atoms with Gasteiger partial charge in [-0.3, -0.25) is 9.59 Å². The van der Waals surface area contributed by atoms with E-state index in [1.54, 1.807) is 19.9 Å². The van der Waals surface area contributed by atoms with Gasteiger partial charge in [-0.15, -0.1) is 0 Å². The van der Waals surface area contributed by atoms with E-state index in [2.05, 4.69) is 4.98 Å². The van der Waals surface area contributed by atoms with Gasteiger partial charge in [0, 0.05) is 11.3 Å². The van der Waals surface area contributed by atoms with Crippen LogP contribution in [0, 0.1) is 13.8 Å². The van der Waals surface area contributed by atoms with E-state index in [1.807, 2.05) is 32.0 Å². The Labute approximate surface area is 165 Å². The van der Waals surface area contributed by atoms with E-state index in [1.165, 1.54) is 13.8 Å². The predicted octanol–water partition coefficient (Wildman–Crippen LogP) is 4.15. The van der Waals surface area contributed by atoms with Gasteiger partial charge < -0.3 is 14.5 Å². The molecule has 2 rings (SSSR count). The molecule has 0 bridgehead atoms. The number of ketones is 2. The monoisotopic (exact) mass is 385 g/mol. The van der Waals surface area contributed by atoms with Crippen LogP contribution >= 0.6 is 0 Å². The van der Waals surface area contributed by atoms with Gasteiger partial charge in [-0.05, 0) is 50.8 Å². The number of rotatable bonds is 8. The SMILES string of the molecule is CC(=O)c1c(C)[nH]c(C(=O)[C@H](C)OC(=O)COc2ccccc2C(C)C)c1C. The van der Waals surface area contributed by atoms with Crippen LogP contribution < -0.4 is 4.74 Å². The molecule has 28 heavy (non-hydrogen) atoms. The average molecular weight is 385 g/mol. The van der Waals surface area contributed by atoms with Crippen molar-refractivity contribution in [3.05, 3.63) is 52.3 Å². The van der Waals surface area contributed by atoms with Gasteiger partial charge in [-0.25, -0.2) is 4.79 Å². The minimum atomic E-state index is -0.993. The van der Waals surface area contributed by atoms with Gasteiger partial charge in [0.25, 0.3) is 0 Å². The first-order chi connectivity index (χ1) is 13.1. The van der Waals surface area contributed by atoms with Crippen molar-refractivity contribution in [1.29, 1.82) is 0 Å². The summed E-state index contributed by atoms with van der Waals surface area (Å²) in [6, 6.07) is 7.49. The fraction of sp³-hybridized carbons (Fsp3) is 0.409. The summed E-state index contributed by atoms with van der Waals surface area (Å²) in [5, 5.41) is 0. The second-order valence-corrected chi connectivity index (χ2v) is 7.16. The van der Waals surface area contributed by atoms with Crippen molar-refractivity contribution in [3.63, 3.8) is 0 Å². The largest absolute Gasteiger partial charge is 0.482 e. The van der Waals surface area contributed by atoms with Crippen molar-refractivity contribution in [3.8, 4) is 5.75 Å². The van der Waals surface area contributed by atoms with Crippen LogP contribution in [0.1, 0.15) is 71.3 Å². The number of aromatic amines is 1. The van der Waals surface area contributed by atoms with Gasteiger partial charge in [0.2, 0.25) is 5.78 Å². The summed E-state index contributed by atoms with van der Waals surface area (Å²) in [5.74, 6) is -0.263. The molecule has 0 saturated carbocycles. The fourth-order valence-electron chi connectivity index (χ4n) is 3.24. The predicted molar refractivity (Wildman–Crippen MR) is 106 cm³/mol. The quantitative estimate of drug-likeness (QED) is 0.545. The number of Topliss-reactive ketones (excluding diaryl/α,β-unsaturated/α-hetero) is 2. The van der Waals surface area contributed by atoms with Crippen LogP contribution in [0.5, 0.6) is 5.75 Å². The third-order valence-corrected chi connectivity index (χ3v) is 4.60. The zero-order chi connectivity index (χ0) is 21.0. The molecule has 0 radical (unpaired) electrons. The summed E-state index contributed by atoms with van der Waals surface area (Å²) in [4.78, 5) is 39.5. The number of benzene rings is 1. The summed E-state index contributed by atoms with van der Waals surface area (Å²) in [6.45, 7) is 10.2. The molecule has 6 nitrogen and oxygen atoms in total. The Kier molecular flexibility index (Phi) is 6.78. The van der Waals surface area contributed by atoms with Crippen molar-refractivity contribution in [1.82, 2.24) is 4.98 Å². The molecule has 0 saturated heterocycles. The normalized spacial score (nSPS) is 12.0. The number of hydrogen-bond donors (Lipinski definition) is 1. The first kappa shape index (κ1) is 21.4. The Morgan fingerprint density at radius 2 is 1.71 bits per heavy atom. The second kappa shape index (κ2) is 8.87. The standard InChI is InChI=1S/C22H27NO5/c1-12(2)17-9-7-8-10-18(17)27-11-19(25)28-16(6)22(26)21-13(3)20(15(5)24)14(4)23-21/h7-10,12,16,23H,11H2,1-6H3/t16-/m0/s1. The maximum absolute atomic E-state index is 12.6. The van der Waals surface area contributed by atoms with Crippen LogP contribution in [-0.2, 0) is 9.53 Å². The molecule has 0 fully saturated rings. The summed E-state index contributed by atoms with van der Waals surface area (Å²) in [6.07, 6.45) is -0.993. The zero-order valence-corrected chi connectivity index (χ0v) is 17.2. The first-order valence-electron chi connectivity index (χ1n) is 9.29. The molecule has 0 unspecified atom stereocenters. The number of esters is 1. The molecule has 1 N–H and O–H groups in total. The fourth-order valence-corrected chi connectivity index (χ4v) is 3.24. The lowest BCUT2D eigenvalue weighted by Gasteiger charge is -2.15. The number of ether oxygens (including phenoxy) is 2. The number of aryl methyl sites for hydroxylation is 1. The Bertz CT molecular complexity index is 894. The smallest absolute Gasteiger partial charge is 0.344 e. The van der Waals surface area contributed by atoms with Crippen LogP contribution in [-0.4, -0.2) is 35.2 Å². The Hall–Kier alpha value is -2.89. The van der Waals surface area contributed by atoms with E-state index in [0.29, 0.717) is 22.6 Å². The van der Waals surface area contributed by atoms with Gasteiger partial charge in [0.15, 0.2) is 18.5 Å². The Balaban J connectivity index is 2.02. The molecular weight excluding hydrogens is 358 g/mol.